The van der Waals surface area contributed by atoms with Crippen molar-refractivity contribution in [2.24, 2.45) is 5.92 Å². The molecule has 0 spiro atoms. The fourth-order valence-corrected chi connectivity index (χ4v) is 1.38. The van der Waals surface area contributed by atoms with Gasteiger partial charge < -0.3 is 5.11 Å². The second-order valence-electron chi connectivity index (χ2n) is 3.91. The van der Waals surface area contributed by atoms with Crippen molar-refractivity contribution in [3.05, 3.63) is 41.5 Å². The molecule has 0 saturated heterocycles. The van der Waals surface area contributed by atoms with Gasteiger partial charge >= 0.3 is 12.1 Å². The second-order valence-corrected chi connectivity index (χ2v) is 3.91. The third kappa shape index (κ3) is 4.24. The van der Waals surface area contributed by atoms with E-state index in [-0.39, 0.29) is 0 Å². The SMILES string of the molecule is CC(=O)C(C=Cc1ccc(C(F)(F)F)cc1)C(=O)O. The van der Waals surface area contributed by atoms with E-state index in [1.807, 2.05) is 0 Å². The molecule has 6 heteroatoms. The zero-order valence-electron chi connectivity index (χ0n) is 9.94. The zero-order chi connectivity index (χ0) is 14.6. The normalized spacial score (nSPS) is 13.5. The summed E-state index contributed by atoms with van der Waals surface area (Å²) in [6.45, 7) is 1.13. The van der Waals surface area contributed by atoms with E-state index in [1.165, 1.54) is 18.2 Å². The van der Waals surface area contributed by atoms with Crippen LogP contribution in [0.4, 0.5) is 13.2 Å². The molecular weight excluding hydrogens is 261 g/mol. The Hall–Kier alpha value is -2.11. The minimum atomic E-state index is -4.41. The molecule has 102 valence electrons. The van der Waals surface area contributed by atoms with Crippen LogP contribution < -0.4 is 0 Å². The molecule has 1 aromatic rings. The number of carboxylic acid groups (broad SMARTS) is 1. The fraction of sp³-hybridized carbons (Fsp3) is 0.231. The summed E-state index contributed by atoms with van der Waals surface area (Å²) in [7, 11) is 0. The Kier molecular flexibility index (Phi) is 4.47. The Morgan fingerprint density at radius 1 is 1.21 bits per heavy atom. The number of Topliss-reactive ketones (excluding diaryl/α,β-unsaturated/α-hetero) is 1. The predicted octanol–water partition coefficient (Wildman–Crippen LogP) is 3.01. The molecule has 0 saturated carbocycles. The van der Waals surface area contributed by atoms with Crippen LogP contribution in [0.15, 0.2) is 30.3 Å². The van der Waals surface area contributed by atoms with Crippen LogP contribution in [-0.4, -0.2) is 16.9 Å². The fourth-order valence-electron chi connectivity index (χ4n) is 1.38. The average molecular weight is 272 g/mol. The van der Waals surface area contributed by atoms with E-state index in [1.54, 1.807) is 0 Å². The summed E-state index contributed by atoms with van der Waals surface area (Å²) in [5.74, 6) is -3.13. The number of halogens is 3. The molecule has 0 fully saturated rings. The van der Waals surface area contributed by atoms with E-state index in [4.69, 9.17) is 5.11 Å². The lowest BCUT2D eigenvalue weighted by Crippen LogP contribution is -2.18. The molecule has 0 aliphatic rings. The number of hydrogen-bond donors (Lipinski definition) is 1. The van der Waals surface area contributed by atoms with Crippen LogP contribution in [0.2, 0.25) is 0 Å². The van der Waals surface area contributed by atoms with E-state index in [0.29, 0.717) is 5.56 Å². The molecule has 1 rings (SSSR count). The molecule has 19 heavy (non-hydrogen) atoms. The van der Waals surface area contributed by atoms with Gasteiger partial charge in [0.05, 0.1) is 5.56 Å². The third-order valence-electron chi connectivity index (χ3n) is 2.42. The smallest absolute Gasteiger partial charge is 0.416 e. The molecule has 0 aliphatic heterocycles. The van der Waals surface area contributed by atoms with Crippen LogP contribution >= 0.6 is 0 Å². The lowest BCUT2D eigenvalue weighted by atomic mass is 10.0. The number of rotatable bonds is 4. The van der Waals surface area contributed by atoms with Gasteiger partial charge in [-0.25, -0.2) is 0 Å². The Morgan fingerprint density at radius 3 is 2.11 bits per heavy atom. The second kappa shape index (κ2) is 5.69. The van der Waals surface area contributed by atoms with Gasteiger partial charge in [-0.1, -0.05) is 24.3 Å². The molecule has 0 amide bonds. The van der Waals surface area contributed by atoms with Crippen molar-refractivity contribution in [1.29, 1.82) is 0 Å². The Balaban J connectivity index is 2.89. The molecule has 1 aromatic carbocycles. The standard InChI is InChI=1S/C13H11F3O3/c1-8(17)11(12(18)19)7-4-9-2-5-10(6-3-9)13(14,15)16/h2-7,11H,1H3,(H,18,19). The van der Waals surface area contributed by atoms with Crippen LogP contribution in [0, 0.1) is 5.92 Å². The molecule has 0 aromatic heterocycles. The molecule has 1 N–H and O–H groups in total. The molecule has 3 nitrogen and oxygen atoms in total. The predicted molar refractivity (Wildman–Crippen MR) is 62.3 cm³/mol. The van der Waals surface area contributed by atoms with Crippen molar-refractivity contribution >= 4 is 17.8 Å². The van der Waals surface area contributed by atoms with E-state index in [9.17, 15) is 22.8 Å². The molecule has 0 heterocycles. The first-order valence-electron chi connectivity index (χ1n) is 5.30. The van der Waals surface area contributed by atoms with E-state index < -0.39 is 29.4 Å². The minimum Gasteiger partial charge on any atom is -0.480 e. The summed E-state index contributed by atoms with van der Waals surface area (Å²) in [5, 5.41) is 8.75. The Morgan fingerprint density at radius 2 is 1.74 bits per heavy atom. The lowest BCUT2D eigenvalue weighted by Gasteiger charge is -2.06. The number of carboxylic acids is 1. The quantitative estimate of drug-likeness (QED) is 0.857. The molecular formula is C13H11F3O3. The summed E-state index contributed by atoms with van der Waals surface area (Å²) < 4.78 is 36.9. The highest BCUT2D eigenvalue weighted by Crippen LogP contribution is 2.29. The van der Waals surface area contributed by atoms with Gasteiger partial charge in [0.2, 0.25) is 0 Å². The summed E-state index contributed by atoms with van der Waals surface area (Å²) in [4.78, 5) is 21.7. The van der Waals surface area contributed by atoms with Gasteiger partial charge in [-0.15, -0.1) is 0 Å². The van der Waals surface area contributed by atoms with Crippen molar-refractivity contribution in [2.45, 2.75) is 13.1 Å². The number of hydrogen-bond acceptors (Lipinski definition) is 2. The van der Waals surface area contributed by atoms with Crippen LogP contribution in [0.1, 0.15) is 18.1 Å². The summed E-state index contributed by atoms with van der Waals surface area (Å²) in [5.41, 5.74) is -0.397. The first-order valence-corrected chi connectivity index (χ1v) is 5.30. The van der Waals surface area contributed by atoms with E-state index in [2.05, 4.69) is 0 Å². The van der Waals surface area contributed by atoms with Gasteiger partial charge in [-0.2, -0.15) is 13.2 Å². The molecule has 0 radical (unpaired) electrons. The average Bonchev–Trinajstić information content (AvgIpc) is 2.27. The topological polar surface area (TPSA) is 54.4 Å². The van der Waals surface area contributed by atoms with Gasteiger partial charge in [-0.3, -0.25) is 9.59 Å². The highest BCUT2D eigenvalue weighted by Gasteiger charge is 2.29. The van der Waals surface area contributed by atoms with Gasteiger partial charge in [-0.05, 0) is 24.6 Å². The van der Waals surface area contributed by atoms with Crippen molar-refractivity contribution in [3.63, 3.8) is 0 Å². The zero-order valence-corrected chi connectivity index (χ0v) is 9.94. The monoisotopic (exact) mass is 272 g/mol. The van der Waals surface area contributed by atoms with Gasteiger partial charge in [0.25, 0.3) is 0 Å². The van der Waals surface area contributed by atoms with E-state index >= 15 is 0 Å². The third-order valence-corrected chi connectivity index (χ3v) is 2.42. The summed E-state index contributed by atoms with van der Waals surface area (Å²) >= 11 is 0. The molecule has 1 atom stereocenters. The lowest BCUT2D eigenvalue weighted by molar-refractivity contribution is -0.143. The van der Waals surface area contributed by atoms with Crippen LogP contribution in [0.3, 0.4) is 0 Å². The minimum absolute atomic E-state index is 0.389. The van der Waals surface area contributed by atoms with Crippen LogP contribution in [0.5, 0.6) is 0 Å². The molecule has 1 unspecified atom stereocenters. The number of aliphatic carboxylic acids is 1. The highest BCUT2D eigenvalue weighted by molar-refractivity contribution is 5.99. The number of carbonyl (C=O) groups excluding carboxylic acids is 1. The highest BCUT2D eigenvalue weighted by atomic mass is 19.4. The van der Waals surface area contributed by atoms with Crippen molar-refractivity contribution < 1.29 is 27.9 Å². The van der Waals surface area contributed by atoms with Gasteiger partial charge in [0.1, 0.15) is 11.7 Å². The Labute approximate surface area is 107 Å². The van der Waals surface area contributed by atoms with Crippen LogP contribution in [-0.2, 0) is 15.8 Å². The summed E-state index contributed by atoms with van der Waals surface area (Å²) in [6.07, 6.45) is -1.96. The van der Waals surface area contributed by atoms with Crippen LogP contribution in [0.25, 0.3) is 6.08 Å². The number of carbonyl (C=O) groups is 2. The number of alkyl halides is 3. The largest absolute Gasteiger partial charge is 0.480 e. The number of ketones is 1. The first-order chi connectivity index (χ1) is 8.71. The molecule has 0 bridgehead atoms. The molecule has 0 aliphatic carbocycles. The number of benzene rings is 1. The van der Waals surface area contributed by atoms with Crippen molar-refractivity contribution in [1.82, 2.24) is 0 Å². The maximum atomic E-state index is 12.3. The van der Waals surface area contributed by atoms with Crippen molar-refractivity contribution in [3.8, 4) is 0 Å². The first kappa shape index (κ1) is 14.9. The van der Waals surface area contributed by atoms with E-state index in [0.717, 1.165) is 25.1 Å². The van der Waals surface area contributed by atoms with Crippen molar-refractivity contribution in [2.75, 3.05) is 0 Å². The maximum absolute atomic E-state index is 12.3. The maximum Gasteiger partial charge on any atom is 0.416 e. The van der Waals surface area contributed by atoms with Gasteiger partial charge in [0, 0.05) is 0 Å². The Bertz CT molecular complexity index is 487. The summed E-state index contributed by atoms with van der Waals surface area (Å²) in [6, 6.07) is 4.20. The van der Waals surface area contributed by atoms with Gasteiger partial charge in [0.15, 0.2) is 0 Å².